The Morgan fingerprint density at radius 3 is 2.21 bits per heavy atom. The molecule has 3 rings (SSSR count). The second-order valence-electron chi connectivity index (χ2n) is 6.35. The van der Waals surface area contributed by atoms with Crippen molar-refractivity contribution < 1.29 is 27.0 Å². The predicted octanol–water partition coefficient (Wildman–Crippen LogP) is 1.98. The molecule has 29 heavy (non-hydrogen) atoms. The topological polar surface area (TPSA) is 100 Å². The van der Waals surface area contributed by atoms with Crippen LogP contribution in [0.15, 0.2) is 44.4 Å². The number of ether oxygens (including phenoxy) is 3. The van der Waals surface area contributed by atoms with Crippen molar-refractivity contribution in [3.8, 4) is 17.2 Å². The molecule has 0 fully saturated rings. The number of fused-ring (bicyclic) bond motifs is 1. The maximum Gasteiger partial charge on any atom is 0.419 e. The Balaban J connectivity index is 1.95. The highest BCUT2D eigenvalue weighted by Crippen LogP contribution is 2.38. The Kier molecular flexibility index (Phi) is 5.58. The van der Waals surface area contributed by atoms with Crippen molar-refractivity contribution in [2.75, 3.05) is 28.4 Å². The molecule has 0 aliphatic carbocycles. The maximum atomic E-state index is 13.0. The van der Waals surface area contributed by atoms with E-state index in [0.29, 0.717) is 28.3 Å². The average Bonchev–Trinajstić information content (AvgIpc) is 3.00. The molecule has 0 atom stereocenters. The first kappa shape index (κ1) is 20.7. The van der Waals surface area contributed by atoms with Crippen molar-refractivity contribution in [2.45, 2.75) is 11.4 Å². The summed E-state index contributed by atoms with van der Waals surface area (Å²) in [5, 5.41) is 0. The molecule has 0 bridgehead atoms. The maximum absolute atomic E-state index is 13.0. The summed E-state index contributed by atoms with van der Waals surface area (Å²) in [5.41, 5.74) is 1.37. The van der Waals surface area contributed by atoms with Gasteiger partial charge in [0.05, 0.1) is 31.7 Å². The van der Waals surface area contributed by atoms with Crippen molar-refractivity contribution >= 4 is 21.1 Å². The zero-order chi connectivity index (χ0) is 21.3. The molecule has 0 saturated heterocycles. The van der Waals surface area contributed by atoms with E-state index in [1.54, 1.807) is 25.2 Å². The van der Waals surface area contributed by atoms with Crippen LogP contribution in [0.3, 0.4) is 0 Å². The number of hydrogen-bond donors (Lipinski definition) is 0. The van der Waals surface area contributed by atoms with Gasteiger partial charge in [0.25, 0.3) is 0 Å². The molecule has 9 nitrogen and oxygen atoms in total. The largest absolute Gasteiger partial charge is 0.493 e. The number of oxazole rings is 1. The monoisotopic (exact) mass is 422 g/mol. The molecule has 0 saturated carbocycles. The summed E-state index contributed by atoms with van der Waals surface area (Å²) >= 11 is 0. The fourth-order valence-corrected chi connectivity index (χ4v) is 4.20. The summed E-state index contributed by atoms with van der Waals surface area (Å²) in [6.07, 6.45) is 0. The Labute approximate surface area is 168 Å². The fourth-order valence-electron chi connectivity index (χ4n) is 3.02. The zero-order valence-electron chi connectivity index (χ0n) is 16.8. The van der Waals surface area contributed by atoms with E-state index in [-0.39, 0.29) is 17.0 Å². The second kappa shape index (κ2) is 7.80. The minimum Gasteiger partial charge on any atom is -0.493 e. The van der Waals surface area contributed by atoms with E-state index < -0.39 is 15.8 Å². The Morgan fingerprint density at radius 1 is 1.03 bits per heavy atom. The third-order valence-electron chi connectivity index (χ3n) is 4.60. The summed E-state index contributed by atoms with van der Waals surface area (Å²) in [6.45, 7) is 0.0653. The third kappa shape index (κ3) is 3.68. The van der Waals surface area contributed by atoms with Crippen molar-refractivity contribution in [3.05, 3.63) is 46.4 Å². The van der Waals surface area contributed by atoms with Gasteiger partial charge in [-0.3, -0.25) is 4.57 Å². The molecule has 156 valence electrons. The molecule has 0 amide bonds. The summed E-state index contributed by atoms with van der Waals surface area (Å²) in [6, 6.07) is 7.70. The molecule has 3 aromatic rings. The molecule has 1 aromatic heterocycles. The van der Waals surface area contributed by atoms with Crippen LogP contribution in [0.25, 0.3) is 11.1 Å². The van der Waals surface area contributed by atoms with Crippen LogP contribution in [-0.2, 0) is 23.6 Å². The number of sulfonamides is 1. The average molecular weight is 422 g/mol. The lowest BCUT2D eigenvalue weighted by molar-refractivity contribution is 0.323. The molecule has 0 aliphatic heterocycles. The van der Waals surface area contributed by atoms with E-state index in [2.05, 4.69) is 0 Å². The van der Waals surface area contributed by atoms with Crippen LogP contribution < -0.4 is 20.0 Å². The predicted molar refractivity (Wildman–Crippen MR) is 106 cm³/mol. The van der Waals surface area contributed by atoms with Gasteiger partial charge in [-0.25, -0.2) is 13.2 Å². The molecule has 0 N–H and O–H groups in total. The van der Waals surface area contributed by atoms with Gasteiger partial charge in [0.2, 0.25) is 15.8 Å². The van der Waals surface area contributed by atoms with Gasteiger partial charge < -0.3 is 18.6 Å². The minimum atomic E-state index is -3.84. The van der Waals surface area contributed by atoms with Gasteiger partial charge >= 0.3 is 5.76 Å². The molecular formula is C19H22N2O7S. The fraction of sp³-hybridized carbons (Fsp3) is 0.316. The first-order valence-electron chi connectivity index (χ1n) is 8.57. The van der Waals surface area contributed by atoms with Crippen molar-refractivity contribution in [1.82, 2.24) is 8.87 Å². The van der Waals surface area contributed by atoms with Gasteiger partial charge in [0, 0.05) is 26.7 Å². The number of benzene rings is 2. The Hall–Kier alpha value is -2.98. The molecule has 0 aliphatic rings. The first-order chi connectivity index (χ1) is 13.7. The lowest BCUT2D eigenvalue weighted by Gasteiger charge is -2.19. The van der Waals surface area contributed by atoms with E-state index >= 15 is 0 Å². The first-order valence-corrected chi connectivity index (χ1v) is 10.0. The van der Waals surface area contributed by atoms with Crippen LogP contribution in [0.4, 0.5) is 0 Å². The van der Waals surface area contributed by atoms with Gasteiger partial charge in [-0.05, 0) is 29.8 Å². The summed E-state index contributed by atoms with van der Waals surface area (Å²) in [4.78, 5) is 11.7. The summed E-state index contributed by atoms with van der Waals surface area (Å²) in [5.74, 6) is 0.731. The number of methoxy groups -OCH3 is 3. The van der Waals surface area contributed by atoms with E-state index in [9.17, 15) is 13.2 Å². The van der Waals surface area contributed by atoms with Crippen LogP contribution in [-0.4, -0.2) is 45.7 Å². The van der Waals surface area contributed by atoms with Gasteiger partial charge in [-0.1, -0.05) is 0 Å². The number of aromatic nitrogens is 1. The third-order valence-corrected chi connectivity index (χ3v) is 6.40. The lowest BCUT2D eigenvalue weighted by atomic mass is 10.2. The van der Waals surface area contributed by atoms with Gasteiger partial charge in [0.15, 0.2) is 17.1 Å². The van der Waals surface area contributed by atoms with Gasteiger partial charge in [0.1, 0.15) is 0 Å². The van der Waals surface area contributed by atoms with E-state index in [0.717, 1.165) is 0 Å². The quantitative estimate of drug-likeness (QED) is 0.574. The molecular weight excluding hydrogens is 400 g/mol. The molecule has 1 heterocycles. The summed E-state index contributed by atoms with van der Waals surface area (Å²) in [7, 11) is 3.65. The van der Waals surface area contributed by atoms with Crippen LogP contribution >= 0.6 is 0 Å². The van der Waals surface area contributed by atoms with E-state index in [4.69, 9.17) is 18.6 Å². The SMILES string of the molecule is COc1cc(CN(C)S(=O)(=O)c2ccc3c(c2)oc(=O)n3C)cc(OC)c1OC. The van der Waals surface area contributed by atoms with Crippen molar-refractivity contribution in [1.29, 1.82) is 0 Å². The molecule has 0 spiro atoms. The van der Waals surface area contributed by atoms with Crippen molar-refractivity contribution in [2.24, 2.45) is 7.05 Å². The van der Waals surface area contributed by atoms with Gasteiger partial charge in [-0.15, -0.1) is 0 Å². The molecule has 2 aromatic carbocycles. The van der Waals surface area contributed by atoms with E-state index in [1.165, 1.54) is 49.4 Å². The Morgan fingerprint density at radius 2 is 1.66 bits per heavy atom. The number of nitrogens with zero attached hydrogens (tertiary/aromatic N) is 2. The van der Waals surface area contributed by atoms with E-state index in [1.807, 2.05) is 0 Å². The molecule has 10 heteroatoms. The van der Waals surface area contributed by atoms with Crippen LogP contribution in [0, 0.1) is 0 Å². The van der Waals surface area contributed by atoms with Gasteiger partial charge in [-0.2, -0.15) is 4.31 Å². The molecule has 0 radical (unpaired) electrons. The number of hydrogen-bond acceptors (Lipinski definition) is 7. The molecule has 0 unspecified atom stereocenters. The van der Waals surface area contributed by atoms with Crippen molar-refractivity contribution in [3.63, 3.8) is 0 Å². The number of aryl methyl sites for hydroxylation is 1. The smallest absolute Gasteiger partial charge is 0.419 e. The normalized spacial score (nSPS) is 11.8. The number of rotatable bonds is 7. The standard InChI is InChI=1S/C19H22N2O7S/c1-20(11-12-8-16(25-3)18(27-5)17(9-12)26-4)29(23,24)13-6-7-14-15(10-13)28-19(22)21(14)2/h6-10H,11H2,1-5H3. The highest BCUT2D eigenvalue weighted by molar-refractivity contribution is 7.89. The van der Waals surface area contributed by atoms with Crippen LogP contribution in [0.2, 0.25) is 0 Å². The lowest BCUT2D eigenvalue weighted by Crippen LogP contribution is -2.26. The highest BCUT2D eigenvalue weighted by Gasteiger charge is 2.24. The van der Waals surface area contributed by atoms with Crippen LogP contribution in [0.1, 0.15) is 5.56 Å². The highest BCUT2D eigenvalue weighted by atomic mass is 32.2. The minimum absolute atomic E-state index is 0.0225. The second-order valence-corrected chi connectivity index (χ2v) is 8.40. The van der Waals surface area contributed by atoms with Crippen LogP contribution in [0.5, 0.6) is 17.2 Å². The summed E-state index contributed by atoms with van der Waals surface area (Å²) < 4.78 is 49.5. The zero-order valence-corrected chi connectivity index (χ0v) is 17.6. The Bertz CT molecular complexity index is 1190.